The van der Waals surface area contributed by atoms with Gasteiger partial charge < -0.3 is 19.5 Å². The molecule has 0 atom stereocenters. The van der Waals surface area contributed by atoms with Gasteiger partial charge in [-0.25, -0.2) is 4.79 Å². The van der Waals surface area contributed by atoms with Gasteiger partial charge in [0.25, 0.3) is 5.91 Å². The minimum atomic E-state index is -0.655. The van der Waals surface area contributed by atoms with Crippen LogP contribution in [0, 0.1) is 11.3 Å². The Balaban J connectivity index is 2.42. The summed E-state index contributed by atoms with van der Waals surface area (Å²) in [6.07, 6.45) is 3.47. The molecule has 1 N–H and O–H groups in total. The molecule has 0 radical (unpaired) electrons. The van der Waals surface area contributed by atoms with Crippen molar-refractivity contribution in [1.29, 1.82) is 5.26 Å². The van der Waals surface area contributed by atoms with E-state index < -0.39 is 11.9 Å². The van der Waals surface area contributed by atoms with E-state index in [1.807, 2.05) is 6.07 Å². The summed E-state index contributed by atoms with van der Waals surface area (Å²) < 4.78 is 16.3. The normalized spacial score (nSPS) is 10.7. The molecule has 0 heterocycles. The number of hydrogen-bond donors (Lipinski definition) is 1. The Kier molecular flexibility index (Phi) is 10.5. The molecule has 0 aromatic heterocycles. The van der Waals surface area contributed by atoms with Crippen molar-refractivity contribution in [2.24, 2.45) is 0 Å². The molecule has 0 fully saturated rings. The van der Waals surface area contributed by atoms with Crippen LogP contribution in [0.25, 0.3) is 6.08 Å². The van der Waals surface area contributed by atoms with Crippen molar-refractivity contribution in [2.75, 3.05) is 25.1 Å². The van der Waals surface area contributed by atoms with Crippen LogP contribution in [0.5, 0.6) is 11.5 Å². The number of esters is 1. The van der Waals surface area contributed by atoms with E-state index in [4.69, 9.17) is 37.4 Å². The lowest BCUT2D eigenvalue weighted by Crippen LogP contribution is -2.16. The molecule has 0 aliphatic heterocycles. The Labute approximate surface area is 208 Å². The van der Waals surface area contributed by atoms with Gasteiger partial charge in [0, 0.05) is 5.56 Å². The second-order valence-electron chi connectivity index (χ2n) is 6.75. The van der Waals surface area contributed by atoms with Crippen molar-refractivity contribution >= 4 is 46.8 Å². The number of ether oxygens (including phenoxy) is 3. The van der Waals surface area contributed by atoms with Crippen LogP contribution in [0.15, 0.2) is 48.6 Å². The van der Waals surface area contributed by atoms with E-state index in [1.165, 1.54) is 6.08 Å². The van der Waals surface area contributed by atoms with Gasteiger partial charge in [-0.3, -0.25) is 4.79 Å². The number of amides is 1. The van der Waals surface area contributed by atoms with Gasteiger partial charge in [-0.1, -0.05) is 35.3 Å². The van der Waals surface area contributed by atoms with Crippen LogP contribution in [0.1, 0.15) is 25.0 Å². The van der Waals surface area contributed by atoms with E-state index in [1.54, 1.807) is 50.3 Å². The smallest absolute Gasteiger partial charge is 0.344 e. The number of nitriles is 1. The summed E-state index contributed by atoms with van der Waals surface area (Å²) in [5.74, 6) is -0.451. The Morgan fingerprint density at radius 2 is 1.94 bits per heavy atom. The van der Waals surface area contributed by atoms with Crippen LogP contribution in [0.4, 0.5) is 5.69 Å². The molecule has 178 valence electrons. The summed E-state index contributed by atoms with van der Waals surface area (Å²) in [5.41, 5.74) is 1.30. The number of nitrogens with zero attached hydrogens (tertiary/aromatic N) is 1. The van der Waals surface area contributed by atoms with Crippen LogP contribution in [0.2, 0.25) is 10.0 Å². The summed E-state index contributed by atoms with van der Waals surface area (Å²) in [7, 11) is 0. The predicted octanol–water partition coefficient (Wildman–Crippen LogP) is 5.61. The molecule has 0 aliphatic rings. The van der Waals surface area contributed by atoms with Crippen LogP contribution in [0.3, 0.4) is 0 Å². The van der Waals surface area contributed by atoms with Crippen LogP contribution < -0.4 is 14.8 Å². The number of carbonyl (C=O) groups excluding carboxylic acids is 2. The lowest BCUT2D eigenvalue weighted by Gasteiger charge is -2.16. The lowest BCUT2D eigenvalue weighted by atomic mass is 10.0. The molecule has 2 rings (SSSR count). The van der Waals surface area contributed by atoms with Gasteiger partial charge in [-0.15, -0.1) is 6.58 Å². The summed E-state index contributed by atoms with van der Waals surface area (Å²) >= 11 is 12.1. The summed E-state index contributed by atoms with van der Waals surface area (Å²) in [6.45, 7) is 7.53. The Morgan fingerprint density at radius 1 is 1.18 bits per heavy atom. The molecule has 2 aromatic rings. The summed E-state index contributed by atoms with van der Waals surface area (Å²) in [6, 6.07) is 10.0. The molecule has 34 heavy (non-hydrogen) atoms. The number of halogens is 2. The van der Waals surface area contributed by atoms with Gasteiger partial charge >= 0.3 is 5.97 Å². The molecule has 0 unspecified atom stereocenters. The quantitative estimate of drug-likeness (QED) is 0.185. The van der Waals surface area contributed by atoms with E-state index in [0.29, 0.717) is 35.7 Å². The second-order valence-corrected chi connectivity index (χ2v) is 7.54. The molecule has 1 amide bonds. The zero-order valence-corrected chi connectivity index (χ0v) is 20.3. The fourth-order valence-corrected chi connectivity index (χ4v) is 3.29. The predicted molar refractivity (Wildman–Crippen MR) is 132 cm³/mol. The molecule has 0 bridgehead atoms. The van der Waals surface area contributed by atoms with Crippen molar-refractivity contribution < 1.29 is 23.8 Å². The molecular formula is C25H24Cl2N2O5. The Morgan fingerprint density at radius 3 is 2.59 bits per heavy atom. The molecule has 0 saturated heterocycles. The van der Waals surface area contributed by atoms with Crippen molar-refractivity contribution in [3.63, 3.8) is 0 Å². The second kappa shape index (κ2) is 13.3. The SMILES string of the molecule is C=CCc1cc(/C=C(/C#N)C(=O)Nc2cccc(Cl)c2Cl)cc(OCC)c1OCC(=O)OCC. The largest absolute Gasteiger partial charge is 0.490 e. The minimum absolute atomic E-state index is 0.164. The monoisotopic (exact) mass is 502 g/mol. The maximum atomic E-state index is 12.7. The summed E-state index contributed by atoms with van der Waals surface area (Å²) in [4.78, 5) is 24.5. The molecule has 7 nitrogen and oxygen atoms in total. The van der Waals surface area contributed by atoms with Crippen molar-refractivity contribution in [2.45, 2.75) is 20.3 Å². The van der Waals surface area contributed by atoms with Gasteiger partial charge in [0.2, 0.25) is 0 Å². The van der Waals surface area contributed by atoms with Gasteiger partial charge in [0.1, 0.15) is 11.6 Å². The van der Waals surface area contributed by atoms with Crippen LogP contribution >= 0.6 is 23.2 Å². The van der Waals surface area contributed by atoms with Gasteiger partial charge in [-0.2, -0.15) is 5.26 Å². The highest BCUT2D eigenvalue weighted by atomic mass is 35.5. The van der Waals surface area contributed by atoms with E-state index >= 15 is 0 Å². The van der Waals surface area contributed by atoms with Crippen molar-refractivity contribution in [1.82, 2.24) is 0 Å². The van der Waals surface area contributed by atoms with E-state index in [0.717, 1.165) is 0 Å². The standard InChI is InChI=1S/C25H24Cl2N2O5/c1-4-8-17-11-16(13-21(32-5-2)24(17)34-15-22(30)33-6-3)12-18(14-28)25(31)29-20-10-7-9-19(26)23(20)27/h4,7,9-13H,1,5-6,8,15H2,2-3H3,(H,29,31)/b18-12-. The third-order valence-electron chi connectivity index (χ3n) is 4.33. The van der Waals surface area contributed by atoms with E-state index in [2.05, 4.69) is 11.9 Å². The topological polar surface area (TPSA) is 97.7 Å². The number of allylic oxidation sites excluding steroid dienone is 1. The lowest BCUT2D eigenvalue weighted by molar-refractivity contribution is -0.145. The molecule has 9 heteroatoms. The van der Waals surface area contributed by atoms with Gasteiger partial charge in [-0.05, 0) is 56.2 Å². The Hall–Kier alpha value is -3.47. The fraction of sp³-hybridized carbons (Fsp3) is 0.240. The average Bonchev–Trinajstić information content (AvgIpc) is 2.80. The number of rotatable bonds is 11. The van der Waals surface area contributed by atoms with Gasteiger partial charge in [0.15, 0.2) is 18.1 Å². The van der Waals surface area contributed by atoms with Crippen LogP contribution in [-0.2, 0) is 20.7 Å². The molecule has 2 aromatic carbocycles. The minimum Gasteiger partial charge on any atom is -0.490 e. The van der Waals surface area contributed by atoms with Crippen molar-refractivity contribution in [3.05, 3.63) is 69.7 Å². The maximum absolute atomic E-state index is 12.7. The zero-order chi connectivity index (χ0) is 25.1. The third-order valence-corrected chi connectivity index (χ3v) is 5.15. The fourth-order valence-electron chi connectivity index (χ4n) is 2.94. The maximum Gasteiger partial charge on any atom is 0.344 e. The first kappa shape index (κ1) is 26.8. The number of benzene rings is 2. The number of anilines is 1. The molecule has 0 spiro atoms. The number of nitrogens with one attached hydrogen (secondary N) is 1. The van der Waals surface area contributed by atoms with Crippen molar-refractivity contribution in [3.8, 4) is 17.6 Å². The molecular weight excluding hydrogens is 479 g/mol. The van der Waals surface area contributed by atoms with Crippen LogP contribution in [-0.4, -0.2) is 31.7 Å². The van der Waals surface area contributed by atoms with E-state index in [9.17, 15) is 14.9 Å². The van der Waals surface area contributed by atoms with Gasteiger partial charge in [0.05, 0.1) is 28.9 Å². The third kappa shape index (κ3) is 7.27. The molecule has 0 aliphatic carbocycles. The first-order valence-electron chi connectivity index (χ1n) is 10.4. The highest BCUT2D eigenvalue weighted by molar-refractivity contribution is 6.44. The number of carbonyl (C=O) groups is 2. The van der Waals surface area contributed by atoms with E-state index in [-0.39, 0.29) is 34.5 Å². The average molecular weight is 503 g/mol. The first-order chi connectivity index (χ1) is 16.3. The highest BCUT2D eigenvalue weighted by Gasteiger charge is 2.17. The summed E-state index contributed by atoms with van der Waals surface area (Å²) in [5, 5.41) is 12.6. The number of hydrogen-bond acceptors (Lipinski definition) is 6. The zero-order valence-electron chi connectivity index (χ0n) is 18.8. The highest BCUT2D eigenvalue weighted by Crippen LogP contribution is 2.35. The Bertz CT molecular complexity index is 1140. The first-order valence-corrected chi connectivity index (χ1v) is 11.2. The molecule has 0 saturated carbocycles.